The highest BCUT2D eigenvalue weighted by atomic mass is 79.9. The topological polar surface area (TPSA) is 17.1 Å². The van der Waals surface area contributed by atoms with E-state index in [-0.39, 0.29) is 16.7 Å². The minimum atomic E-state index is 0.0131. The Morgan fingerprint density at radius 2 is 1.86 bits per heavy atom. The van der Waals surface area contributed by atoms with Crippen molar-refractivity contribution in [1.82, 2.24) is 0 Å². The molecule has 0 aromatic heterocycles. The lowest BCUT2D eigenvalue weighted by Crippen LogP contribution is -2.21. The number of allylic oxidation sites excluding steroid dienone is 1. The molecule has 1 atom stereocenters. The lowest BCUT2D eigenvalue weighted by Gasteiger charge is -2.16. The largest absolute Gasteiger partial charge is 0.284 e. The zero-order valence-corrected chi connectivity index (χ0v) is 14.2. The second kappa shape index (κ2) is 6.20. The number of carbonyl (C=O) groups is 1. The Hall–Kier alpha value is -1.32. The molecule has 0 fully saturated rings. The summed E-state index contributed by atoms with van der Waals surface area (Å²) in [4.78, 5) is 13.8. The van der Waals surface area contributed by atoms with Gasteiger partial charge in [-0.15, -0.1) is 0 Å². The van der Waals surface area contributed by atoms with Crippen LogP contribution in [0.3, 0.4) is 0 Å². The first-order chi connectivity index (χ1) is 10.2. The summed E-state index contributed by atoms with van der Waals surface area (Å²) in [5.41, 5.74) is 3.32. The first kappa shape index (κ1) is 14.6. The second-order valence-corrected chi connectivity index (χ2v) is 8.18. The maximum absolute atomic E-state index is 12.8. The second-order valence-electron chi connectivity index (χ2n) is 4.97. The molecule has 0 N–H and O–H groups in total. The van der Waals surface area contributed by atoms with E-state index in [9.17, 15) is 4.79 Å². The van der Waals surface area contributed by atoms with Crippen LogP contribution in [-0.4, -0.2) is 11.5 Å². The van der Waals surface area contributed by atoms with Gasteiger partial charge < -0.3 is 0 Å². The van der Waals surface area contributed by atoms with Crippen molar-refractivity contribution in [2.45, 2.75) is 12.7 Å². The van der Waals surface area contributed by atoms with Crippen molar-refractivity contribution in [2.24, 2.45) is 0 Å². The van der Waals surface area contributed by atoms with Gasteiger partial charge in [0.15, 0.2) is 0 Å². The van der Waals surface area contributed by atoms with Gasteiger partial charge in [-0.2, -0.15) is 0 Å². The molecule has 0 aliphatic carbocycles. The first-order valence-corrected chi connectivity index (χ1v) is 9.32. The van der Waals surface area contributed by atoms with Crippen LogP contribution in [0.15, 0.2) is 57.9 Å². The molecule has 0 spiro atoms. The smallest absolute Gasteiger partial charge is 0.240 e. The molecule has 1 nitrogen and oxygen atoms in total. The molecule has 0 radical (unpaired) electrons. The van der Waals surface area contributed by atoms with Crippen LogP contribution in [0.4, 0.5) is 0 Å². The van der Waals surface area contributed by atoms with Crippen LogP contribution < -0.4 is 0 Å². The van der Waals surface area contributed by atoms with Crippen molar-refractivity contribution in [3.05, 3.63) is 74.6 Å². The van der Waals surface area contributed by atoms with Gasteiger partial charge >= 0.3 is 0 Å². The molecule has 3 heteroatoms. The zero-order valence-electron chi connectivity index (χ0n) is 11.8. The van der Waals surface area contributed by atoms with Crippen molar-refractivity contribution in [3.8, 4) is 0 Å². The average molecular weight is 360 g/mol. The number of carbonyl (C=O) groups excluding carboxylic acids is 1. The summed E-state index contributed by atoms with van der Waals surface area (Å²) in [6, 6.07) is 16.0. The van der Waals surface area contributed by atoms with E-state index in [2.05, 4.69) is 47.1 Å². The van der Waals surface area contributed by atoms with E-state index in [0.717, 1.165) is 26.4 Å². The lowest BCUT2D eigenvalue weighted by atomic mass is 10.1. The maximum Gasteiger partial charge on any atom is 0.240 e. The third-order valence-corrected chi connectivity index (χ3v) is 6.47. The normalized spacial score (nSPS) is 17.0. The molecule has 3 rings (SSSR count). The molecule has 1 aliphatic heterocycles. The highest BCUT2D eigenvalue weighted by Crippen LogP contribution is 2.31. The fourth-order valence-corrected chi connectivity index (χ4v) is 4.74. The monoisotopic (exact) mass is 359 g/mol. The van der Waals surface area contributed by atoms with Crippen LogP contribution >= 0.6 is 15.9 Å². The number of fused-ring (bicyclic) bond motifs is 1. The van der Waals surface area contributed by atoms with Crippen LogP contribution in [0.1, 0.15) is 28.4 Å². The fourth-order valence-electron chi connectivity index (χ4n) is 2.49. The summed E-state index contributed by atoms with van der Waals surface area (Å²) >= 11 is 3.41. The van der Waals surface area contributed by atoms with Gasteiger partial charge in [-0.1, -0.05) is 40.2 Å². The first-order valence-electron chi connectivity index (χ1n) is 6.96. The van der Waals surface area contributed by atoms with E-state index in [1.165, 1.54) is 11.1 Å². The molecule has 0 saturated carbocycles. The van der Waals surface area contributed by atoms with Crippen molar-refractivity contribution in [3.63, 3.8) is 0 Å². The van der Waals surface area contributed by atoms with Gasteiger partial charge in [0, 0.05) is 32.6 Å². The standard InChI is InChI=1S/C18H16BrOS/c1-2-21-12-15-6-4-3-5-14(15)11-17(21)18(20)13-7-9-16(19)10-8-13/h3-11H,2,12H2,1H3/q+1. The van der Waals surface area contributed by atoms with E-state index in [0.29, 0.717) is 0 Å². The van der Waals surface area contributed by atoms with Crippen molar-refractivity contribution in [1.29, 1.82) is 0 Å². The molecule has 1 heterocycles. The van der Waals surface area contributed by atoms with E-state index < -0.39 is 0 Å². The summed E-state index contributed by atoms with van der Waals surface area (Å²) < 4.78 is 0.997. The summed E-state index contributed by atoms with van der Waals surface area (Å²) in [6.45, 7) is 2.17. The molecule has 2 aromatic rings. The van der Waals surface area contributed by atoms with Crippen molar-refractivity contribution < 1.29 is 4.79 Å². The molecule has 0 amide bonds. The third kappa shape index (κ3) is 2.99. The lowest BCUT2D eigenvalue weighted by molar-refractivity contribution is 0.104. The zero-order chi connectivity index (χ0) is 14.8. The van der Waals surface area contributed by atoms with Crippen molar-refractivity contribution >= 4 is 38.7 Å². The van der Waals surface area contributed by atoms with E-state index in [4.69, 9.17) is 0 Å². The van der Waals surface area contributed by atoms with E-state index in [1.54, 1.807) is 0 Å². The average Bonchev–Trinajstić information content (AvgIpc) is 2.53. The van der Waals surface area contributed by atoms with Crippen LogP contribution in [0, 0.1) is 0 Å². The van der Waals surface area contributed by atoms with Gasteiger partial charge in [-0.3, -0.25) is 4.79 Å². The van der Waals surface area contributed by atoms with Gasteiger partial charge in [0.05, 0.1) is 0 Å². The predicted molar refractivity (Wildman–Crippen MR) is 94.5 cm³/mol. The molecular weight excluding hydrogens is 344 g/mol. The number of Topliss-reactive ketones (excluding diaryl/α,β-unsaturated/α-hetero) is 1. The molecule has 1 aliphatic rings. The Morgan fingerprint density at radius 1 is 1.14 bits per heavy atom. The molecule has 106 valence electrons. The maximum atomic E-state index is 12.8. The molecule has 2 aromatic carbocycles. The SMILES string of the molecule is CC[S+]1Cc2ccccc2C=C1C(=O)c1ccc(Br)cc1. The van der Waals surface area contributed by atoms with Crippen LogP contribution in [0.25, 0.3) is 6.08 Å². The highest BCUT2D eigenvalue weighted by Gasteiger charge is 2.34. The summed E-state index contributed by atoms with van der Waals surface area (Å²) in [7, 11) is 0.0131. The third-order valence-electron chi connectivity index (χ3n) is 3.66. The predicted octanol–water partition coefficient (Wildman–Crippen LogP) is 4.82. The van der Waals surface area contributed by atoms with Gasteiger partial charge in [-0.25, -0.2) is 0 Å². The van der Waals surface area contributed by atoms with E-state index >= 15 is 0 Å². The quantitative estimate of drug-likeness (QED) is 0.566. The number of hydrogen-bond donors (Lipinski definition) is 0. The number of ketones is 1. The summed E-state index contributed by atoms with van der Waals surface area (Å²) in [5.74, 6) is 2.17. The van der Waals surface area contributed by atoms with E-state index in [1.807, 2.05) is 30.3 Å². The number of rotatable bonds is 3. The molecule has 1 unspecified atom stereocenters. The van der Waals surface area contributed by atoms with Gasteiger partial charge in [0.25, 0.3) is 0 Å². The van der Waals surface area contributed by atoms with Gasteiger partial charge in [0.2, 0.25) is 10.7 Å². The molecule has 0 saturated heterocycles. The Balaban J connectivity index is 2.01. The van der Waals surface area contributed by atoms with Crippen molar-refractivity contribution in [2.75, 3.05) is 5.75 Å². The van der Waals surface area contributed by atoms with Gasteiger partial charge in [-0.05, 0) is 36.8 Å². The summed E-state index contributed by atoms with van der Waals surface area (Å²) in [6.07, 6.45) is 2.09. The Kier molecular flexibility index (Phi) is 4.32. The Morgan fingerprint density at radius 3 is 2.57 bits per heavy atom. The number of hydrogen-bond acceptors (Lipinski definition) is 1. The minimum Gasteiger partial charge on any atom is -0.284 e. The fraction of sp³-hybridized carbons (Fsp3) is 0.167. The van der Waals surface area contributed by atoms with Crippen LogP contribution in [-0.2, 0) is 16.6 Å². The minimum absolute atomic E-state index is 0.0131. The molecule has 0 bridgehead atoms. The Labute approximate surface area is 136 Å². The Bertz CT molecular complexity index is 703. The number of halogens is 1. The summed E-state index contributed by atoms with van der Waals surface area (Å²) in [5, 5.41) is 0. The molecular formula is C18H16BrOS+. The number of benzene rings is 2. The van der Waals surface area contributed by atoms with Crippen LogP contribution in [0.5, 0.6) is 0 Å². The van der Waals surface area contributed by atoms with Crippen LogP contribution in [0.2, 0.25) is 0 Å². The van der Waals surface area contributed by atoms with Gasteiger partial charge in [0.1, 0.15) is 11.5 Å². The molecule has 21 heavy (non-hydrogen) atoms. The highest BCUT2D eigenvalue weighted by molar-refractivity contribution is 9.10.